The van der Waals surface area contributed by atoms with Gasteiger partial charge in [0.2, 0.25) is 0 Å². The topological polar surface area (TPSA) is 35.2 Å². The molecular weight excluding hydrogens is 248 g/mol. The lowest BCUT2D eigenvalue weighted by Crippen LogP contribution is -2.49. The average molecular weight is 269 g/mol. The lowest BCUT2D eigenvalue weighted by atomic mass is 9.88. The molecule has 1 unspecified atom stereocenters. The molecule has 0 spiro atoms. The van der Waals surface area contributed by atoms with Gasteiger partial charge in [0.25, 0.3) is 0 Å². The van der Waals surface area contributed by atoms with Gasteiger partial charge in [0.1, 0.15) is 11.6 Å². The lowest BCUT2D eigenvalue weighted by molar-refractivity contribution is -0.0526. The van der Waals surface area contributed by atoms with E-state index in [0.29, 0.717) is 18.6 Å². The van der Waals surface area contributed by atoms with Gasteiger partial charge in [0, 0.05) is 12.6 Å². The van der Waals surface area contributed by atoms with Gasteiger partial charge in [-0.3, -0.25) is 0 Å². The Morgan fingerprint density at radius 3 is 2.63 bits per heavy atom. The van der Waals surface area contributed by atoms with Gasteiger partial charge in [-0.2, -0.15) is 0 Å². The molecule has 0 aromatic heterocycles. The average Bonchev–Trinajstić information content (AvgIpc) is 2.84. The Kier molecular flexibility index (Phi) is 4.53. The monoisotopic (exact) mass is 269 g/mol. The maximum absolute atomic E-state index is 13.7. The summed E-state index contributed by atoms with van der Waals surface area (Å²) in [5, 5.41) is 0. The van der Waals surface area contributed by atoms with Crippen LogP contribution in [-0.2, 0) is 11.2 Å². The van der Waals surface area contributed by atoms with Crippen molar-refractivity contribution in [3.05, 3.63) is 35.4 Å². The highest BCUT2D eigenvalue weighted by Gasteiger charge is 2.40. The summed E-state index contributed by atoms with van der Waals surface area (Å²) in [5.74, 6) is -0.832. The molecular formula is C15H21F2NO. The van der Waals surface area contributed by atoms with Crippen molar-refractivity contribution < 1.29 is 13.5 Å². The first kappa shape index (κ1) is 14.4. The van der Waals surface area contributed by atoms with Crippen LogP contribution in [0.2, 0.25) is 0 Å². The van der Waals surface area contributed by atoms with Crippen molar-refractivity contribution in [1.29, 1.82) is 0 Å². The molecule has 1 saturated carbocycles. The number of hydrogen-bond acceptors (Lipinski definition) is 2. The Morgan fingerprint density at radius 2 is 2.00 bits per heavy atom. The quantitative estimate of drug-likeness (QED) is 0.891. The largest absolute Gasteiger partial charge is 0.374 e. The summed E-state index contributed by atoms with van der Waals surface area (Å²) in [5.41, 5.74) is 6.20. The van der Waals surface area contributed by atoms with E-state index >= 15 is 0 Å². The van der Waals surface area contributed by atoms with Crippen LogP contribution < -0.4 is 5.73 Å². The van der Waals surface area contributed by atoms with Gasteiger partial charge < -0.3 is 10.5 Å². The van der Waals surface area contributed by atoms with Crippen LogP contribution in [0.15, 0.2) is 18.2 Å². The maximum Gasteiger partial charge on any atom is 0.126 e. The Bertz CT molecular complexity index is 430. The van der Waals surface area contributed by atoms with Crippen LogP contribution in [0.1, 0.15) is 38.2 Å². The zero-order chi connectivity index (χ0) is 13.9. The van der Waals surface area contributed by atoms with Gasteiger partial charge >= 0.3 is 0 Å². The van der Waals surface area contributed by atoms with E-state index in [4.69, 9.17) is 10.5 Å². The lowest BCUT2D eigenvalue weighted by Gasteiger charge is -2.35. The number of nitrogens with two attached hydrogens (primary N) is 1. The van der Waals surface area contributed by atoms with Crippen LogP contribution in [0.5, 0.6) is 0 Å². The van der Waals surface area contributed by atoms with Crippen molar-refractivity contribution in [3.63, 3.8) is 0 Å². The summed E-state index contributed by atoms with van der Waals surface area (Å²) in [6.07, 6.45) is 4.28. The first-order valence-electron chi connectivity index (χ1n) is 6.91. The van der Waals surface area contributed by atoms with E-state index in [2.05, 4.69) is 0 Å². The summed E-state index contributed by atoms with van der Waals surface area (Å²) in [6, 6.07) is 3.20. The third-order valence-electron chi connectivity index (χ3n) is 4.01. The Hall–Kier alpha value is -1.00. The van der Waals surface area contributed by atoms with Crippen molar-refractivity contribution in [3.8, 4) is 0 Å². The minimum Gasteiger partial charge on any atom is -0.374 e. The van der Waals surface area contributed by atoms with E-state index in [1.165, 1.54) is 6.07 Å². The maximum atomic E-state index is 13.7. The van der Waals surface area contributed by atoms with Gasteiger partial charge in [0.15, 0.2) is 0 Å². The Morgan fingerprint density at radius 1 is 1.32 bits per heavy atom. The molecule has 1 aliphatic rings. The molecule has 19 heavy (non-hydrogen) atoms. The highest BCUT2D eigenvalue weighted by Crippen LogP contribution is 2.36. The third-order valence-corrected chi connectivity index (χ3v) is 4.01. The summed E-state index contributed by atoms with van der Waals surface area (Å²) >= 11 is 0. The molecule has 1 aromatic rings. The molecule has 2 rings (SSSR count). The molecule has 2 nitrogen and oxygen atoms in total. The fourth-order valence-electron chi connectivity index (χ4n) is 3.01. The van der Waals surface area contributed by atoms with Crippen molar-refractivity contribution in [1.82, 2.24) is 0 Å². The highest BCUT2D eigenvalue weighted by molar-refractivity contribution is 5.21. The number of hydrogen-bond donors (Lipinski definition) is 1. The zero-order valence-corrected chi connectivity index (χ0v) is 11.3. The summed E-state index contributed by atoms with van der Waals surface area (Å²) < 4.78 is 32.7. The summed E-state index contributed by atoms with van der Waals surface area (Å²) in [6.45, 7) is 2.54. The Labute approximate surface area is 112 Å². The second kappa shape index (κ2) is 5.97. The normalized spacial score (nSPS) is 19.6. The fourth-order valence-corrected chi connectivity index (χ4v) is 3.01. The minimum absolute atomic E-state index is 0.300. The molecule has 0 aliphatic heterocycles. The molecule has 1 fully saturated rings. The summed E-state index contributed by atoms with van der Waals surface area (Å²) in [7, 11) is 0. The van der Waals surface area contributed by atoms with Crippen molar-refractivity contribution in [2.75, 3.05) is 6.61 Å². The molecule has 2 N–H and O–H groups in total. The van der Waals surface area contributed by atoms with E-state index in [1.807, 2.05) is 6.92 Å². The van der Waals surface area contributed by atoms with Gasteiger partial charge in [-0.1, -0.05) is 12.8 Å². The molecule has 106 valence electrons. The van der Waals surface area contributed by atoms with E-state index in [0.717, 1.165) is 37.8 Å². The number of halogens is 2. The molecule has 1 aromatic carbocycles. The van der Waals surface area contributed by atoms with Crippen LogP contribution >= 0.6 is 0 Å². The van der Waals surface area contributed by atoms with Crippen LogP contribution in [0.25, 0.3) is 0 Å². The molecule has 0 saturated heterocycles. The van der Waals surface area contributed by atoms with Gasteiger partial charge in [0.05, 0.1) is 5.60 Å². The first-order chi connectivity index (χ1) is 9.07. The van der Waals surface area contributed by atoms with Gasteiger partial charge in [-0.05, 0) is 49.9 Å². The molecule has 0 amide bonds. The SMILES string of the molecule is CCOC1(C(N)Cc2cc(F)ccc2F)CCCC1. The second-order valence-electron chi connectivity index (χ2n) is 5.25. The third kappa shape index (κ3) is 3.12. The van der Waals surface area contributed by atoms with Crippen LogP contribution in [-0.4, -0.2) is 18.2 Å². The van der Waals surface area contributed by atoms with E-state index < -0.39 is 11.6 Å². The predicted molar refractivity (Wildman–Crippen MR) is 70.9 cm³/mol. The van der Waals surface area contributed by atoms with Gasteiger partial charge in [-0.15, -0.1) is 0 Å². The van der Waals surface area contributed by atoms with Crippen LogP contribution in [0.4, 0.5) is 8.78 Å². The van der Waals surface area contributed by atoms with Crippen molar-refractivity contribution in [2.45, 2.75) is 50.7 Å². The standard InChI is InChI=1S/C15H21F2NO/c1-2-19-15(7-3-4-8-15)14(18)10-11-9-12(16)5-6-13(11)17/h5-6,9,14H,2-4,7-8,10,18H2,1H3. The van der Waals surface area contributed by atoms with Crippen molar-refractivity contribution in [2.24, 2.45) is 5.73 Å². The molecule has 0 heterocycles. The van der Waals surface area contributed by atoms with E-state index in [-0.39, 0.29) is 11.6 Å². The van der Waals surface area contributed by atoms with E-state index in [9.17, 15) is 8.78 Å². The van der Waals surface area contributed by atoms with Crippen LogP contribution in [0.3, 0.4) is 0 Å². The summed E-state index contributed by atoms with van der Waals surface area (Å²) in [4.78, 5) is 0. The molecule has 0 bridgehead atoms. The predicted octanol–water partition coefficient (Wildman–Crippen LogP) is 3.18. The van der Waals surface area contributed by atoms with Crippen molar-refractivity contribution >= 4 is 0 Å². The highest BCUT2D eigenvalue weighted by atomic mass is 19.1. The molecule has 1 aliphatic carbocycles. The first-order valence-corrected chi connectivity index (χ1v) is 6.91. The van der Waals surface area contributed by atoms with Gasteiger partial charge in [-0.25, -0.2) is 8.78 Å². The minimum atomic E-state index is -0.430. The Balaban J connectivity index is 2.14. The molecule has 4 heteroatoms. The number of ether oxygens (including phenoxy) is 1. The van der Waals surface area contributed by atoms with Crippen LogP contribution in [0, 0.1) is 11.6 Å². The molecule has 0 radical (unpaired) electrons. The number of benzene rings is 1. The van der Waals surface area contributed by atoms with E-state index in [1.54, 1.807) is 0 Å². The fraction of sp³-hybridized carbons (Fsp3) is 0.600. The second-order valence-corrected chi connectivity index (χ2v) is 5.25. The number of rotatable bonds is 5. The molecule has 1 atom stereocenters. The zero-order valence-electron chi connectivity index (χ0n) is 11.3. The smallest absolute Gasteiger partial charge is 0.126 e.